The van der Waals surface area contributed by atoms with E-state index in [1.807, 2.05) is 6.92 Å². The number of rotatable bonds is 0. The highest BCUT2D eigenvalue weighted by Crippen LogP contribution is 2.44. The van der Waals surface area contributed by atoms with Crippen LogP contribution in [0.15, 0.2) is 0 Å². The molecule has 2 aliphatic carbocycles. The van der Waals surface area contributed by atoms with Gasteiger partial charge in [-0.05, 0) is 44.9 Å². The first kappa shape index (κ1) is 9.20. The molecule has 0 aliphatic heterocycles. The molecule has 2 saturated carbocycles. The molecule has 0 bridgehead atoms. The molecule has 0 aromatic heterocycles. The van der Waals surface area contributed by atoms with Gasteiger partial charge in [0.05, 0.1) is 5.60 Å². The van der Waals surface area contributed by atoms with Crippen LogP contribution in [-0.4, -0.2) is 16.5 Å². The van der Waals surface area contributed by atoms with Crippen molar-refractivity contribution in [3.05, 3.63) is 0 Å². The fourth-order valence-corrected chi connectivity index (χ4v) is 3.08. The van der Waals surface area contributed by atoms with Gasteiger partial charge in [-0.25, -0.2) is 0 Å². The van der Waals surface area contributed by atoms with Crippen molar-refractivity contribution in [3.63, 3.8) is 0 Å². The number of carbonyl (C=O) groups is 1. The summed E-state index contributed by atoms with van der Waals surface area (Å²) in [7, 11) is 0. The SMILES string of the molecule is C[C@]1(O)CCC[C@@H]2C(=O)CCC[C@@H]21. The third kappa shape index (κ3) is 1.52. The van der Waals surface area contributed by atoms with Crippen molar-refractivity contribution in [2.24, 2.45) is 11.8 Å². The van der Waals surface area contributed by atoms with Gasteiger partial charge in [0.15, 0.2) is 0 Å². The molecule has 0 heterocycles. The maximum Gasteiger partial charge on any atom is 0.136 e. The summed E-state index contributed by atoms with van der Waals surface area (Å²) in [6.07, 6.45) is 5.68. The Morgan fingerprint density at radius 2 is 2.15 bits per heavy atom. The highest BCUT2D eigenvalue weighted by atomic mass is 16.3. The lowest BCUT2D eigenvalue weighted by Crippen LogP contribution is -2.47. The molecule has 2 heteroatoms. The van der Waals surface area contributed by atoms with E-state index < -0.39 is 5.60 Å². The molecule has 0 aromatic carbocycles. The fraction of sp³-hybridized carbons (Fsp3) is 0.909. The zero-order valence-corrected chi connectivity index (χ0v) is 8.25. The molecule has 2 fully saturated rings. The minimum absolute atomic E-state index is 0.178. The van der Waals surface area contributed by atoms with E-state index in [9.17, 15) is 9.90 Å². The maximum absolute atomic E-state index is 11.6. The van der Waals surface area contributed by atoms with Gasteiger partial charge in [0, 0.05) is 12.3 Å². The van der Waals surface area contributed by atoms with Crippen molar-refractivity contribution in [3.8, 4) is 0 Å². The van der Waals surface area contributed by atoms with Gasteiger partial charge in [-0.3, -0.25) is 4.79 Å². The number of fused-ring (bicyclic) bond motifs is 1. The average Bonchev–Trinajstić information content (AvgIpc) is 2.06. The van der Waals surface area contributed by atoms with E-state index in [0.29, 0.717) is 5.78 Å². The largest absolute Gasteiger partial charge is 0.390 e. The Hall–Kier alpha value is -0.370. The number of aliphatic hydroxyl groups is 1. The number of carbonyl (C=O) groups excluding carboxylic acids is 1. The van der Waals surface area contributed by atoms with Gasteiger partial charge >= 0.3 is 0 Å². The molecule has 74 valence electrons. The van der Waals surface area contributed by atoms with Crippen LogP contribution in [0.25, 0.3) is 0 Å². The van der Waals surface area contributed by atoms with Gasteiger partial charge in [-0.1, -0.05) is 0 Å². The van der Waals surface area contributed by atoms with Crippen molar-refractivity contribution in [1.82, 2.24) is 0 Å². The Labute approximate surface area is 79.3 Å². The molecule has 2 aliphatic rings. The van der Waals surface area contributed by atoms with Crippen molar-refractivity contribution in [1.29, 1.82) is 0 Å². The quantitative estimate of drug-likeness (QED) is 0.621. The summed E-state index contributed by atoms with van der Waals surface area (Å²) in [4.78, 5) is 11.6. The third-order valence-corrected chi connectivity index (χ3v) is 3.83. The van der Waals surface area contributed by atoms with E-state index in [1.54, 1.807) is 0 Å². The summed E-state index contributed by atoms with van der Waals surface area (Å²) >= 11 is 0. The Kier molecular flexibility index (Phi) is 2.18. The monoisotopic (exact) mass is 182 g/mol. The minimum Gasteiger partial charge on any atom is -0.390 e. The van der Waals surface area contributed by atoms with Crippen molar-refractivity contribution >= 4 is 5.78 Å². The Morgan fingerprint density at radius 1 is 1.38 bits per heavy atom. The summed E-state index contributed by atoms with van der Waals surface area (Å²) in [6, 6.07) is 0. The zero-order chi connectivity index (χ0) is 9.47. The Bertz CT molecular complexity index is 220. The van der Waals surface area contributed by atoms with E-state index in [-0.39, 0.29) is 11.8 Å². The molecule has 0 spiro atoms. The van der Waals surface area contributed by atoms with Gasteiger partial charge < -0.3 is 5.11 Å². The van der Waals surface area contributed by atoms with Gasteiger partial charge in [0.2, 0.25) is 0 Å². The second kappa shape index (κ2) is 3.09. The average molecular weight is 182 g/mol. The first-order valence-electron chi connectivity index (χ1n) is 5.36. The lowest BCUT2D eigenvalue weighted by Gasteiger charge is -2.44. The number of hydrogen-bond donors (Lipinski definition) is 1. The molecule has 0 radical (unpaired) electrons. The first-order chi connectivity index (χ1) is 6.11. The number of ketones is 1. The summed E-state index contributed by atoms with van der Waals surface area (Å²) in [5.41, 5.74) is -0.570. The Morgan fingerprint density at radius 3 is 2.85 bits per heavy atom. The molecule has 2 rings (SSSR count). The van der Waals surface area contributed by atoms with Crippen LogP contribution in [0.3, 0.4) is 0 Å². The normalized spacial score (nSPS) is 45.8. The molecule has 0 aromatic rings. The van der Waals surface area contributed by atoms with Gasteiger partial charge in [0.1, 0.15) is 5.78 Å². The van der Waals surface area contributed by atoms with Crippen LogP contribution in [0.1, 0.15) is 45.4 Å². The summed E-state index contributed by atoms with van der Waals surface area (Å²) < 4.78 is 0. The molecule has 2 nitrogen and oxygen atoms in total. The van der Waals surface area contributed by atoms with E-state index in [1.165, 1.54) is 0 Å². The zero-order valence-electron chi connectivity index (χ0n) is 8.25. The first-order valence-corrected chi connectivity index (χ1v) is 5.36. The molecule has 13 heavy (non-hydrogen) atoms. The van der Waals surface area contributed by atoms with Gasteiger partial charge in [0.25, 0.3) is 0 Å². The standard InChI is InChI=1S/C11H18O2/c1-11(13)7-3-4-8-9(11)5-2-6-10(8)12/h8-9,13H,2-7H2,1H3/t8-,9-,11-/m0/s1. The predicted octanol–water partition coefficient (Wildman–Crippen LogP) is 1.91. The maximum atomic E-state index is 11.6. The van der Waals surface area contributed by atoms with E-state index >= 15 is 0 Å². The molecule has 3 atom stereocenters. The highest BCUT2D eigenvalue weighted by molar-refractivity contribution is 5.82. The van der Waals surface area contributed by atoms with Crippen molar-refractivity contribution in [2.45, 2.75) is 51.0 Å². The molecule has 1 N–H and O–H groups in total. The molecule has 0 amide bonds. The van der Waals surface area contributed by atoms with Crippen LogP contribution >= 0.6 is 0 Å². The molecular formula is C11H18O2. The predicted molar refractivity (Wildman–Crippen MR) is 50.3 cm³/mol. The number of hydrogen-bond acceptors (Lipinski definition) is 2. The van der Waals surface area contributed by atoms with Crippen molar-refractivity contribution < 1.29 is 9.90 Å². The molecular weight excluding hydrogens is 164 g/mol. The van der Waals surface area contributed by atoms with Gasteiger partial charge in [-0.15, -0.1) is 0 Å². The second-order valence-electron chi connectivity index (χ2n) is 4.82. The smallest absolute Gasteiger partial charge is 0.136 e. The van der Waals surface area contributed by atoms with Crippen molar-refractivity contribution in [2.75, 3.05) is 0 Å². The lowest BCUT2D eigenvalue weighted by atomic mass is 9.63. The van der Waals surface area contributed by atoms with E-state index in [4.69, 9.17) is 0 Å². The highest BCUT2D eigenvalue weighted by Gasteiger charge is 2.44. The third-order valence-electron chi connectivity index (χ3n) is 3.83. The summed E-state index contributed by atoms with van der Waals surface area (Å²) in [6.45, 7) is 1.91. The Balaban J connectivity index is 2.19. The fourth-order valence-electron chi connectivity index (χ4n) is 3.08. The van der Waals surface area contributed by atoms with Crippen LogP contribution < -0.4 is 0 Å². The lowest BCUT2D eigenvalue weighted by molar-refractivity contribution is -0.138. The molecule has 0 unspecified atom stereocenters. The van der Waals surface area contributed by atoms with Crippen LogP contribution in [0, 0.1) is 11.8 Å². The van der Waals surface area contributed by atoms with Crippen LogP contribution in [0.4, 0.5) is 0 Å². The van der Waals surface area contributed by atoms with Crippen LogP contribution in [-0.2, 0) is 4.79 Å². The van der Waals surface area contributed by atoms with Gasteiger partial charge in [-0.2, -0.15) is 0 Å². The van der Waals surface area contributed by atoms with E-state index in [0.717, 1.165) is 38.5 Å². The van der Waals surface area contributed by atoms with E-state index in [2.05, 4.69) is 0 Å². The summed E-state index contributed by atoms with van der Waals surface area (Å²) in [5.74, 6) is 0.830. The number of Topliss-reactive ketones (excluding diaryl/α,β-unsaturated/α-hetero) is 1. The minimum atomic E-state index is -0.570. The second-order valence-corrected chi connectivity index (χ2v) is 4.82. The topological polar surface area (TPSA) is 37.3 Å². The summed E-state index contributed by atoms with van der Waals surface area (Å²) in [5, 5.41) is 10.1. The van der Waals surface area contributed by atoms with Crippen LogP contribution in [0.5, 0.6) is 0 Å². The molecule has 0 saturated heterocycles. The van der Waals surface area contributed by atoms with Crippen LogP contribution in [0.2, 0.25) is 0 Å².